The molecular weight excluding hydrogens is 188 g/mol. The van der Waals surface area contributed by atoms with Gasteiger partial charge in [0, 0.05) is 0 Å². The van der Waals surface area contributed by atoms with Crippen LogP contribution in [0.25, 0.3) is 0 Å². The van der Waals surface area contributed by atoms with Crippen molar-refractivity contribution in [1.29, 1.82) is 0 Å². The summed E-state index contributed by atoms with van der Waals surface area (Å²) in [7, 11) is 0. The highest BCUT2D eigenvalue weighted by Crippen LogP contribution is 2.23. The van der Waals surface area contributed by atoms with E-state index in [1.165, 1.54) is 11.4 Å². The summed E-state index contributed by atoms with van der Waals surface area (Å²) in [6.45, 7) is 0.458. The largest absolute Gasteiger partial charge is 0.394 e. The summed E-state index contributed by atoms with van der Waals surface area (Å²) in [5.41, 5.74) is 0.163. The predicted molar refractivity (Wildman–Crippen MR) is 48.9 cm³/mol. The molecule has 0 fully saturated rings. The average molecular weight is 198 g/mol. The molecule has 0 saturated carbocycles. The van der Waals surface area contributed by atoms with Crippen LogP contribution in [0, 0.1) is 0 Å². The number of aliphatic hydroxyl groups is 1. The van der Waals surface area contributed by atoms with E-state index in [0.717, 1.165) is 0 Å². The van der Waals surface area contributed by atoms with E-state index in [9.17, 15) is 4.79 Å². The Bertz CT molecular complexity index is 377. The minimum Gasteiger partial charge on any atom is -0.394 e. The van der Waals surface area contributed by atoms with Crippen LogP contribution in [0.5, 0.6) is 0 Å². The Balaban J connectivity index is 2.22. The van der Waals surface area contributed by atoms with Gasteiger partial charge in [-0.25, -0.2) is 10.0 Å². The van der Waals surface area contributed by atoms with Crippen LogP contribution in [-0.2, 0) is 4.84 Å². The molecule has 0 spiro atoms. The monoisotopic (exact) mass is 198 g/mol. The van der Waals surface area contributed by atoms with E-state index in [-0.39, 0.29) is 18.8 Å². The molecule has 0 radical (unpaired) electrons. The van der Waals surface area contributed by atoms with Gasteiger partial charge in [0.05, 0.1) is 19.5 Å². The smallest absolute Gasteiger partial charge is 0.276 e. The number of aromatic amines is 1. The SMILES string of the molecule is O=c1[nH]cnc2c1NCN2OCCO. The first-order valence-electron chi connectivity index (χ1n) is 4.16. The highest BCUT2D eigenvalue weighted by Gasteiger charge is 2.23. The van der Waals surface area contributed by atoms with E-state index in [4.69, 9.17) is 9.94 Å². The lowest BCUT2D eigenvalue weighted by Crippen LogP contribution is -2.25. The van der Waals surface area contributed by atoms with E-state index >= 15 is 0 Å². The number of rotatable bonds is 3. The predicted octanol–water partition coefficient (Wildman–Crippen LogP) is -1.12. The lowest BCUT2D eigenvalue weighted by molar-refractivity contribution is 0.0768. The van der Waals surface area contributed by atoms with Crippen molar-refractivity contribution in [1.82, 2.24) is 9.97 Å². The van der Waals surface area contributed by atoms with Crippen molar-refractivity contribution in [2.45, 2.75) is 0 Å². The molecule has 1 aromatic rings. The third-order valence-corrected chi connectivity index (χ3v) is 1.81. The molecule has 3 N–H and O–H groups in total. The van der Waals surface area contributed by atoms with E-state index in [1.54, 1.807) is 0 Å². The van der Waals surface area contributed by atoms with Crippen molar-refractivity contribution in [2.75, 3.05) is 30.3 Å². The maximum atomic E-state index is 11.2. The number of H-pyrrole nitrogens is 1. The van der Waals surface area contributed by atoms with Gasteiger partial charge in [0.1, 0.15) is 12.4 Å². The quantitative estimate of drug-likeness (QED) is 0.570. The van der Waals surface area contributed by atoms with Gasteiger partial charge in [0.2, 0.25) is 0 Å². The zero-order valence-corrected chi connectivity index (χ0v) is 7.36. The average Bonchev–Trinajstić information content (AvgIpc) is 2.60. The molecular formula is C7H10N4O3. The van der Waals surface area contributed by atoms with Crippen molar-refractivity contribution in [3.8, 4) is 0 Å². The first-order chi connectivity index (χ1) is 6.83. The number of nitrogens with one attached hydrogen (secondary N) is 2. The molecule has 0 aliphatic carbocycles. The van der Waals surface area contributed by atoms with Crippen LogP contribution in [0.3, 0.4) is 0 Å². The van der Waals surface area contributed by atoms with Crippen molar-refractivity contribution < 1.29 is 9.94 Å². The van der Waals surface area contributed by atoms with Gasteiger partial charge in [0.15, 0.2) is 5.82 Å². The molecule has 0 amide bonds. The molecule has 0 aromatic carbocycles. The Morgan fingerprint density at radius 1 is 1.71 bits per heavy atom. The Morgan fingerprint density at radius 2 is 2.57 bits per heavy atom. The number of aromatic nitrogens is 2. The lowest BCUT2D eigenvalue weighted by Gasteiger charge is -2.14. The molecule has 1 aliphatic heterocycles. The molecule has 7 nitrogen and oxygen atoms in total. The fourth-order valence-electron chi connectivity index (χ4n) is 1.22. The van der Waals surface area contributed by atoms with Gasteiger partial charge in [-0.2, -0.15) is 0 Å². The maximum Gasteiger partial charge on any atom is 0.276 e. The summed E-state index contributed by atoms with van der Waals surface area (Å²) in [5.74, 6) is 0.446. The Kier molecular flexibility index (Phi) is 2.33. The number of anilines is 2. The number of hydroxylamine groups is 1. The fourth-order valence-corrected chi connectivity index (χ4v) is 1.22. The maximum absolute atomic E-state index is 11.2. The second-order valence-corrected chi connectivity index (χ2v) is 2.70. The molecule has 76 valence electrons. The normalized spacial score (nSPS) is 13.9. The van der Waals surface area contributed by atoms with Crippen molar-refractivity contribution >= 4 is 11.5 Å². The van der Waals surface area contributed by atoms with Gasteiger partial charge >= 0.3 is 0 Å². The molecule has 0 atom stereocenters. The van der Waals surface area contributed by atoms with Crippen LogP contribution < -0.4 is 15.9 Å². The van der Waals surface area contributed by atoms with E-state index < -0.39 is 0 Å². The van der Waals surface area contributed by atoms with Gasteiger partial charge < -0.3 is 15.4 Å². The standard InChI is InChI=1S/C7H10N4O3/c12-1-2-14-11-4-10-5-6(11)8-3-9-7(5)13/h3,10,12H,1-2,4H2,(H,8,9,13). The fraction of sp³-hybridized carbons (Fsp3) is 0.429. The van der Waals surface area contributed by atoms with Crippen molar-refractivity contribution in [3.63, 3.8) is 0 Å². The van der Waals surface area contributed by atoms with Crippen LogP contribution in [0.15, 0.2) is 11.1 Å². The summed E-state index contributed by atoms with van der Waals surface area (Å²) < 4.78 is 0. The summed E-state index contributed by atoms with van der Waals surface area (Å²) >= 11 is 0. The number of hydrogen-bond acceptors (Lipinski definition) is 6. The molecule has 0 unspecified atom stereocenters. The molecule has 2 heterocycles. The molecule has 0 bridgehead atoms. The highest BCUT2D eigenvalue weighted by molar-refractivity contribution is 5.67. The second-order valence-electron chi connectivity index (χ2n) is 2.70. The van der Waals surface area contributed by atoms with Gasteiger partial charge in [0.25, 0.3) is 5.56 Å². The number of nitrogens with zero attached hydrogens (tertiary/aromatic N) is 2. The Morgan fingerprint density at radius 3 is 3.36 bits per heavy atom. The molecule has 2 rings (SSSR count). The zero-order valence-electron chi connectivity index (χ0n) is 7.36. The third-order valence-electron chi connectivity index (χ3n) is 1.81. The van der Waals surface area contributed by atoms with Crippen LogP contribution >= 0.6 is 0 Å². The molecule has 1 aromatic heterocycles. The minimum atomic E-state index is -0.231. The second kappa shape index (κ2) is 3.64. The Labute approximate surface area is 79.3 Å². The van der Waals surface area contributed by atoms with E-state index in [0.29, 0.717) is 18.2 Å². The van der Waals surface area contributed by atoms with Gasteiger partial charge in [-0.05, 0) is 0 Å². The summed E-state index contributed by atoms with van der Waals surface area (Å²) in [5, 5.41) is 12.8. The van der Waals surface area contributed by atoms with Gasteiger partial charge in [-0.15, -0.1) is 0 Å². The lowest BCUT2D eigenvalue weighted by atomic mass is 10.5. The molecule has 0 saturated heterocycles. The Hall–Kier alpha value is -1.60. The number of fused-ring (bicyclic) bond motifs is 1. The van der Waals surface area contributed by atoms with Gasteiger partial charge in [-0.1, -0.05) is 0 Å². The highest BCUT2D eigenvalue weighted by atomic mass is 16.7. The van der Waals surface area contributed by atoms with Crippen LogP contribution in [0.4, 0.5) is 11.5 Å². The third kappa shape index (κ3) is 1.42. The van der Waals surface area contributed by atoms with Crippen LogP contribution in [0.1, 0.15) is 0 Å². The van der Waals surface area contributed by atoms with Crippen molar-refractivity contribution in [2.24, 2.45) is 0 Å². The first-order valence-corrected chi connectivity index (χ1v) is 4.16. The van der Waals surface area contributed by atoms with Crippen LogP contribution in [0.2, 0.25) is 0 Å². The molecule has 14 heavy (non-hydrogen) atoms. The van der Waals surface area contributed by atoms with Crippen molar-refractivity contribution in [3.05, 3.63) is 16.7 Å². The first kappa shape index (κ1) is 8.97. The number of aliphatic hydroxyl groups excluding tert-OH is 1. The molecule has 1 aliphatic rings. The summed E-state index contributed by atoms with van der Waals surface area (Å²) in [4.78, 5) is 22.8. The summed E-state index contributed by atoms with van der Waals surface area (Å²) in [6, 6.07) is 0. The van der Waals surface area contributed by atoms with E-state index in [1.807, 2.05) is 0 Å². The van der Waals surface area contributed by atoms with E-state index in [2.05, 4.69) is 15.3 Å². The topological polar surface area (TPSA) is 90.5 Å². The minimum absolute atomic E-state index is 0.0744. The van der Waals surface area contributed by atoms with Crippen LogP contribution in [-0.4, -0.2) is 35.0 Å². The number of hydrogen-bond donors (Lipinski definition) is 3. The zero-order chi connectivity index (χ0) is 9.97. The summed E-state index contributed by atoms with van der Waals surface area (Å²) in [6.07, 6.45) is 1.31. The van der Waals surface area contributed by atoms with Gasteiger partial charge in [-0.3, -0.25) is 9.63 Å². The molecule has 7 heteroatoms.